The maximum atomic E-state index is 15.2. The van der Waals surface area contributed by atoms with Gasteiger partial charge in [-0.05, 0) is 40.9 Å². The molecule has 2 amide bonds. The first-order chi connectivity index (χ1) is 17.6. The normalized spacial score (nSPS) is 16.0. The minimum absolute atomic E-state index is 0.108. The molecule has 7 nitrogen and oxygen atoms in total. The molecule has 37 heavy (non-hydrogen) atoms. The SMILES string of the molecule is CN(C)CCNC(=O)CN1C(=O)CSC(c2ccccc2F)c2c(-c3ccccc3)nn(C(C)(C)C)c21. The van der Waals surface area contributed by atoms with E-state index in [1.165, 1.54) is 22.7 Å². The molecule has 1 aliphatic heterocycles. The summed E-state index contributed by atoms with van der Waals surface area (Å²) in [5.74, 6) is -0.152. The van der Waals surface area contributed by atoms with E-state index in [4.69, 9.17) is 5.10 Å². The van der Waals surface area contributed by atoms with Gasteiger partial charge in [-0.1, -0.05) is 48.5 Å². The van der Waals surface area contributed by atoms with Crippen molar-refractivity contribution in [3.05, 3.63) is 71.5 Å². The molecule has 0 saturated carbocycles. The molecule has 0 radical (unpaired) electrons. The molecule has 2 heterocycles. The number of thioether (sulfide) groups is 1. The molecule has 0 fully saturated rings. The summed E-state index contributed by atoms with van der Waals surface area (Å²) in [6.07, 6.45) is 0. The lowest BCUT2D eigenvalue weighted by Crippen LogP contribution is -2.44. The summed E-state index contributed by atoms with van der Waals surface area (Å²) in [5.41, 5.74) is 2.27. The molecule has 4 rings (SSSR count). The number of hydrogen-bond donors (Lipinski definition) is 1. The van der Waals surface area contributed by atoms with Gasteiger partial charge in [-0.2, -0.15) is 5.10 Å². The largest absolute Gasteiger partial charge is 0.353 e. The zero-order chi connectivity index (χ0) is 26.7. The third-order valence-corrected chi connectivity index (χ3v) is 7.38. The fourth-order valence-electron chi connectivity index (χ4n) is 4.35. The molecule has 2 aromatic carbocycles. The van der Waals surface area contributed by atoms with Crippen molar-refractivity contribution in [3.63, 3.8) is 0 Å². The highest BCUT2D eigenvalue weighted by Crippen LogP contribution is 2.49. The zero-order valence-corrected chi connectivity index (χ0v) is 22.8. The van der Waals surface area contributed by atoms with E-state index in [1.807, 2.05) is 74.8 Å². The first kappa shape index (κ1) is 26.9. The summed E-state index contributed by atoms with van der Waals surface area (Å²) in [5, 5.41) is 7.44. The molecule has 0 aliphatic carbocycles. The molecule has 1 atom stereocenters. The molecular formula is C28H34FN5O2S. The summed E-state index contributed by atoms with van der Waals surface area (Å²) >= 11 is 1.36. The van der Waals surface area contributed by atoms with E-state index < -0.39 is 10.8 Å². The summed E-state index contributed by atoms with van der Waals surface area (Å²) in [6.45, 7) is 7.04. The quantitative estimate of drug-likeness (QED) is 0.500. The van der Waals surface area contributed by atoms with E-state index >= 15 is 4.39 Å². The first-order valence-corrected chi connectivity index (χ1v) is 13.4. The van der Waals surface area contributed by atoms with Crippen LogP contribution in [0.3, 0.4) is 0 Å². The second-order valence-electron chi connectivity index (χ2n) is 10.4. The lowest BCUT2D eigenvalue weighted by molar-refractivity contribution is -0.123. The standard InChI is InChI=1S/C28H34FN5O2S/c1-28(2,3)34-27-24(25(31-34)19-11-7-6-8-12-19)26(20-13-9-10-14-21(20)29)37-18-23(36)33(27)17-22(35)30-15-16-32(4)5/h6-14,26H,15-18H2,1-5H3,(H,30,35). The maximum Gasteiger partial charge on any atom is 0.240 e. The fourth-order valence-corrected chi connectivity index (χ4v) is 5.57. The molecule has 3 aromatic rings. The van der Waals surface area contributed by atoms with Crippen LogP contribution in [0.4, 0.5) is 10.2 Å². The Morgan fingerprint density at radius 1 is 1.14 bits per heavy atom. The van der Waals surface area contributed by atoms with Crippen LogP contribution in [0.1, 0.15) is 37.1 Å². The van der Waals surface area contributed by atoms with Gasteiger partial charge in [0.05, 0.1) is 22.2 Å². The number of likely N-dealkylation sites (N-methyl/N-ethyl adjacent to an activating group) is 1. The van der Waals surface area contributed by atoms with Crippen LogP contribution in [0.25, 0.3) is 11.3 Å². The number of rotatable bonds is 7. The van der Waals surface area contributed by atoms with Crippen molar-refractivity contribution in [3.8, 4) is 11.3 Å². The van der Waals surface area contributed by atoms with E-state index in [9.17, 15) is 9.59 Å². The van der Waals surface area contributed by atoms with Crippen molar-refractivity contribution in [2.45, 2.75) is 31.6 Å². The predicted molar refractivity (Wildman–Crippen MR) is 147 cm³/mol. The minimum Gasteiger partial charge on any atom is -0.353 e. The molecule has 0 bridgehead atoms. The van der Waals surface area contributed by atoms with Crippen molar-refractivity contribution in [2.75, 3.05) is 44.4 Å². The Bertz CT molecular complexity index is 1270. The number of anilines is 1. The Balaban J connectivity index is 1.91. The summed E-state index contributed by atoms with van der Waals surface area (Å²) < 4.78 is 17.0. The van der Waals surface area contributed by atoms with E-state index in [-0.39, 0.29) is 29.9 Å². The fraction of sp³-hybridized carbons (Fsp3) is 0.393. The molecule has 1 aromatic heterocycles. The van der Waals surface area contributed by atoms with Gasteiger partial charge in [-0.25, -0.2) is 9.07 Å². The summed E-state index contributed by atoms with van der Waals surface area (Å²) in [7, 11) is 3.87. The molecule has 0 saturated heterocycles. The van der Waals surface area contributed by atoms with Gasteiger partial charge >= 0.3 is 0 Å². The van der Waals surface area contributed by atoms with Crippen LogP contribution in [0.15, 0.2) is 54.6 Å². The molecule has 1 aliphatic rings. The van der Waals surface area contributed by atoms with Gasteiger partial charge in [-0.15, -0.1) is 11.8 Å². The molecular weight excluding hydrogens is 489 g/mol. The number of nitrogens with one attached hydrogen (secondary N) is 1. The lowest BCUT2D eigenvalue weighted by atomic mass is 9.99. The van der Waals surface area contributed by atoms with Crippen LogP contribution in [0.5, 0.6) is 0 Å². The van der Waals surface area contributed by atoms with Crippen LogP contribution in [-0.4, -0.2) is 66.0 Å². The van der Waals surface area contributed by atoms with Crippen LogP contribution in [0, 0.1) is 5.82 Å². The minimum atomic E-state index is -0.508. The second-order valence-corrected chi connectivity index (χ2v) is 11.5. The van der Waals surface area contributed by atoms with Crippen LogP contribution < -0.4 is 10.2 Å². The van der Waals surface area contributed by atoms with Gasteiger partial charge in [0.15, 0.2) is 0 Å². The number of fused-ring (bicyclic) bond motifs is 1. The van der Waals surface area contributed by atoms with Gasteiger partial charge in [0, 0.05) is 29.8 Å². The van der Waals surface area contributed by atoms with E-state index in [2.05, 4.69) is 5.32 Å². The third kappa shape index (κ3) is 5.88. The Labute approximate surface area is 222 Å². The average molecular weight is 524 g/mol. The highest BCUT2D eigenvalue weighted by Gasteiger charge is 2.40. The highest BCUT2D eigenvalue weighted by atomic mass is 32.2. The molecule has 0 spiro atoms. The van der Waals surface area contributed by atoms with Gasteiger partial charge < -0.3 is 10.2 Å². The van der Waals surface area contributed by atoms with Crippen molar-refractivity contribution >= 4 is 29.4 Å². The van der Waals surface area contributed by atoms with Crippen molar-refractivity contribution < 1.29 is 14.0 Å². The smallest absolute Gasteiger partial charge is 0.240 e. The number of benzene rings is 2. The van der Waals surface area contributed by atoms with Crippen molar-refractivity contribution in [2.24, 2.45) is 0 Å². The number of hydrogen-bond acceptors (Lipinski definition) is 5. The average Bonchev–Trinajstić information content (AvgIpc) is 3.19. The van der Waals surface area contributed by atoms with Crippen LogP contribution >= 0.6 is 11.8 Å². The third-order valence-electron chi connectivity index (χ3n) is 6.14. The number of carbonyl (C=O) groups is 2. The topological polar surface area (TPSA) is 70.5 Å². The number of carbonyl (C=O) groups excluding carboxylic acids is 2. The van der Waals surface area contributed by atoms with E-state index in [0.29, 0.717) is 30.2 Å². The number of amides is 2. The monoisotopic (exact) mass is 523 g/mol. The molecule has 1 unspecified atom stereocenters. The predicted octanol–water partition coefficient (Wildman–Crippen LogP) is 4.29. The number of nitrogens with zero attached hydrogens (tertiary/aromatic N) is 4. The van der Waals surface area contributed by atoms with Crippen LogP contribution in [0.2, 0.25) is 0 Å². The van der Waals surface area contributed by atoms with Gasteiger partial charge in [0.1, 0.15) is 18.2 Å². The second kappa shape index (κ2) is 11.1. The van der Waals surface area contributed by atoms with Gasteiger partial charge in [0.25, 0.3) is 0 Å². The van der Waals surface area contributed by atoms with Crippen molar-refractivity contribution in [1.29, 1.82) is 0 Å². The molecule has 196 valence electrons. The molecule has 9 heteroatoms. The van der Waals surface area contributed by atoms with Crippen molar-refractivity contribution in [1.82, 2.24) is 20.0 Å². The maximum absolute atomic E-state index is 15.2. The number of aromatic nitrogens is 2. The molecule has 1 N–H and O–H groups in total. The lowest BCUT2D eigenvalue weighted by Gasteiger charge is -2.29. The summed E-state index contributed by atoms with van der Waals surface area (Å²) in [6, 6.07) is 16.4. The Morgan fingerprint density at radius 3 is 2.46 bits per heavy atom. The van der Waals surface area contributed by atoms with E-state index in [1.54, 1.807) is 18.2 Å². The summed E-state index contributed by atoms with van der Waals surface area (Å²) in [4.78, 5) is 30.1. The number of halogens is 1. The first-order valence-electron chi connectivity index (χ1n) is 12.3. The van der Waals surface area contributed by atoms with Gasteiger partial charge in [-0.3, -0.25) is 14.5 Å². The Morgan fingerprint density at radius 2 is 1.81 bits per heavy atom. The zero-order valence-electron chi connectivity index (χ0n) is 22.0. The van der Waals surface area contributed by atoms with Gasteiger partial charge in [0.2, 0.25) is 11.8 Å². The highest BCUT2D eigenvalue weighted by molar-refractivity contribution is 8.00. The Hall–Kier alpha value is -3.17. The Kier molecular flexibility index (Phi) is 8.04. The van der Waals surface area contributed by atoms with E-state index in [0.717, 1.165) is 11.1 Å². The van der Waals surface area contributed by atoms with Crippen LogP contribution in [-0.2, 0) is 15.1 Å².